The van der Waals surface area contributed by atoms with Crippen LogP contribution in [0.5, 0.6) is 0 Å². The highest BCUT2D eigenvalue weighted by atomic mass is 32.1. The molecular weight excluding hydrogens is 256 g/mol. The van der Waals surface area contributed by atoms with Gasteiger partial charge in [-0.1, -0.05) is 17.3 Å². The number of nitrogens with one attached hydrogen (secondary N) is 1. The van der Waals surface area contributed by atoms with Crippen molar-refractivity contribution in [2.45, 2.75) is 58.0 Å². The molecule has 5 heteroatoms. The Kier molecular flexibility index (Phi) is 4.33. The minimum absolute atomic E-state index is 0.804. The molecule has 2 fully saturated rings. The van der Waals surface area contributed by atoms with Gasteiger partial charge in [-0.05, 0) is 45.1 Å². The highest BCUT2D eigenvalue weighted by molar-refractivity contribution is 7.10. The summed E-state index contributed by atoms with van der Waals surface area (Å²) in [6.45, 7) is 5.30. The van der Waals surface area contributed by atoms with Gasteiger partial charge < -0.3 is 5.32 Å². The van der Waals surface area contributed by atoms with Gasteiger partial charge in [-0.15, -0.1) is 5.10 Å². The van der Waals surface area contributed by atoms with E-state index < -0.39 is 0 Å². The fraction of sp³-hybridized carbons (Fsp3) is 0.857. The molecule has 0 spiro atoms. The third-order valence-electron chi connectivity index (χ3n) is 4.60. The average molecular weight is 280 g/mol. The summed E-state index contributed by atoms with van der Waals surface area (Å²) in [6.07, 6.45) is 8.48. The SMILES string of the molecule is CCNc1snnc1CN1CCCC2CCCCC21. The molecule has 1 aliphatic carbocycles. The Hall–Kier alpha value is -0.680. The van der Waals surface area contributed by atoms with Crippen molar-refractivity contribution in [2.24, 2.45) is 5.92 Å². The molecule has 2 unspecified atom stereocenters. The Morgan fingerprint density at radius 3 is 3.00 bits per heavy atom. The van der Waals surface area contributed by atoms with Gasteiger partial charge in [0.2, 0.25) is 0 Å². The minimum atomic E-state index is 0.804. The summed E-state index contributed by atoms with van der Waals surface area (Å²) in [6, 6.07) is 0.804. The second kappa shape index (κ2) is 6.18. The molecule has 1 aliphatic heterocycles. The van der Waals surface area contributed by atoms with Gasteiger partial charge in [0.25, 0.3) is 0 Å². The van der Waals surface area contributed by atoms with Crippen molar-refractivity contribution in [3.05, 3.63) is 5.69 Å². The molecule has 0 bridgehead atoms. The molecule has 0 aromatic carbocycles. The zero-order chi connectivity index (χ0) is 13.1. The van der Waals surface area contributed by atoms with Crippen molar-refractivity contribution < 1.29 is 0 Å². The second-order valence-corrected chi connectivity index (χ2v) is 6.56. The van der Waals surface area contributed by atoms with Crippen LogP contribution < -0.4 is 5.32 Å². The molecule has 2 heterocycles. The van der Waals surface area contributed by atoms with E-state index in [2.05, 4.69) is 26.7 Å². The van der Waals surface area contributed by atoms with Crippen LogP contribution in [0.15, 0.2) is 0 Å². The van der Waals surface area contributed by atoms with Crippen LogP contribution in [-0.4, -0.2) is 33.6 Å². The monoisotopic (exact) mass is 280 g/mol. The van der Waals surface area contributed by atoms with E-state index in [0.717, 1.165) is 30.7 Å². The van der Waals surface area contributed by atoms with E-state index in [1.807, 2.05) is 0 Å². The standard InChI is InChI=1S/C14H24N4S/c1-2-15-14-12(16-17-19-14)10-18-9-5-7-11-6-3-4-8-13(11)18/h11,13,15H,2-10H2,1H3. The molecule has 1 aromatic heterocycles. The zero-order valence-electron chi connectivity index (χ0n) is 11.8. The van der Waals surface area contributed by atoms with Crippen LogP contribution >= 0.6 is 11.5 Å². The van der Waals surface area contributed by atoms with Crippen molar-refractivity contribution in [2.75, 3.05) is 18.4 Å². The van der Waals surface area contributed by atoms with Crippen LogP contribution in [0, 0.1) is 5.92 Å². The number of nitrogens with zero attached hydrogens (tertiary/aromatic N) is 3. The quantitative estimate of drug-likeness (QED) is 0.920. The van der Waals surface area contributed by atoms with Gasteiger partial charge in [0.1, 0.15) is 10.7 Å². The molecule has 1 saturated heterocycles. The highest BCUT2D eigenvalue weighted by Gasteiger charge is 2.33. The van der Waals surface area contributed by atoms with Gasteiger partial charge in [0.05, 0.1) is 0 Å². The lowest BCUT2D eigenvalue weighted by Crippen LogP contribution is -2.46. The first-order chi connectivity index (χ1) is 9.38. The van der Waals surface area contributed by atoms with Crippen LogP contribution in [0.4, 0.5) is 5.00 Å². The maximum Gasteiger partial charge on any atom is 0.134 e. The summed E-state index contributed by atoms with van der Waals surface area (Å²) in [5.41, 5.74) is 1.15. The summed E-state index contributed by atoms with van der Waals surface area (Å²) in [7, 11) is 0. The van der Waals surface area contributed by atoms with Crippen LogP contribution in [0.2, 0.25) is 0 Å². The lowest BCUT2D eigenvalue weighted by Gasteiger charge is -2.44. The molecule has 2 atom stereocenters. The Morgan fingerprint density at radius 2 is 2.11 bits per heavy atom. The Labute approximate surface area is 119 Å². The van der Waals surface area contributed by atoms with E-state index >= 15 is 0 Å². The predicted molar refractivity (Wildman–Crippen MR) is 79.5 cm³/mol. The number of fused-ring (bicyclic) bond motifs is 1. The van der Waals surface area contributed by atoms with Crippen LogP contribution in [0.1, 0.15) is 51.1 Å². The van der Waals surface area contributed by atoms with Gasteiger partial charge in [0.15, 0.2) is 0 Å². The zero-order valence-corrected chi connectivity index (χ0v) is 12.6. The van der Waals surface area contributed by atoms with E-state index in [1.165, 1.54) is 61.6 Å². The lowest BCUT2D eigenvalue weighted by atomic mass is 9.78. The smallest absolute Gasteiger partial charge is 0.134 e. The van der Waals surface area contributed by atoms with Gasteiger partial charge >= 0.3 is 0 Å². The molecule has 0 amide bonds. The molecule has 106 valence electrons. The first-order valence-electron chi connectivity index (χ1n) is 7.67. The largest absolute Gasteiger partial charge is 0.374 e. The van der Waals surface area contributed by atoms with Crippen LogP contribution in [0.3, 0.4) is 0 Å². The fourth-order valence-electron chi connectivity index (χ4n) is 3.72. The third kappa shape index (κ3) is 2.92. The molecule has 2 aliphatic rings. The predicted octanol–water partition coefficient (Wildman–Crippen LogP) is 3.12. The van der Waals surface area contributed by atoms with Crippen LogP contribution in [-0.2, 0) is 6.54 Å². The summed E-state index contributed by atoms with van der Waals surface area (Å²) in [5, 5.41) is 8.88. The molecule has 19 heavy (non-hydrogen) atoms. The molecule has 4 nitrogen and oxygen atoms in total. The number of likely N-dealkylation sites (tertiary alicyclic amines) is 1. The maximum absolute atomic E-state index is 4.33. The normalized spacial score (nSPS) is 28.1. The summed E-state index contributed by atoms with van der Waals surface area (Å²) in [5.74, 6) is 0.941. The van der Waals surface area contributed by atoms with Crippen molar-refractivity contribution >= 4 is 16.5 Å². The van der Waals surface area contributed by atoms with Crippen molar-refractivity contribution in [3.63, 3.8) is 0 Å². The molecule has 1 N–H and O–H groups in total. The number of hydrogen-bond acceptors (Lipinski definition) is 5. The Morgan fingerprint density at radius 1 is 1.26 bits per heavy atom. The summed E-state index contributed by atoms with van der Waals surface area (Å²) < 4.78 is 4.11. The fourth-order valence-corrected chi connectivity index (χ4v) is 4.36. The van der Waals surface area contributed by atoms with Crippen molar-refractivity contribution in [1.29, 1.82) is 0 Å². The number of aromatic nitrogens is 2. The van der Waals surface area contributed by atoms with E-state index in [-0.39, 0.29) is 0 Å². The Bertz CT molecular complexity index is 404. The number of piperidine rings is 1. The average Bonchev–Trinajstić information content (AvgIpc) is 2.87. The summed E-state index contributed by atoms with van der Waals surface area (Å²) >= 11 is 1.49. The van der Waals surface area contributed by atoms with E-state index in [0.29, 0.717) is 0 Å². The highest BCUT2D eigenvalue weighted by Crippen LogP contribution is 2.36. The maximum atomic E-state index is 4.33. The van der Waals surface area contributed by atoms with Crippen molar-refractivity contribution in [1.82, 2.24) is 14.5 Å². The first-order valence-corrected chi connectivity index (χ1v) is 8.45. The minimum Gasteiger partial charge on any atom is -0.374 e. The van der Waals surface area contributed by atoms with Gasteiger partial charge in [-0.2, -0.15) is 0 Å². The number of rotatable bonds is 4. The topological polar surface area (TPSA) is 41.1 Å². The first kappa shape index (κ1) is 13.3. The van der Waals surface area contributed by atoms with E-state index in [1.54, 1.807) is 0 Å². The molecule has 1 aromatic rings. The van der Waals surface area contributed by atoms with Crippen molar-refractivity contribution in [3.8, 4) is 0 Å². The second-order valence-electron chi connectivity index (χ2n) is 5.80. The Balaban J connectivity index is 1.69. The third-order valence-corrected chi connectivity index (χ3v) is 5.33. The van der Waals surface area contributed by atoms with Gasteiger partial charge in [-0.3, -0.25) is 4.90 Å². The van der Waals surface area contributed by atoms with E-state index in [9.17, 15) is 0 Å². The van der Waals surface area contributed by atoms with Gasteiger partial charge in [-0.25, -0.2) is 0 Å². The number of anilines is 1. The molecular formula is C14H24N4S. The molecule has 1 saturated carbocycles. The van der Waals surface area contributed by atoms with E-state index in [4.69, 9.17) is 0 Å². The van der Waals surface area contributed by atoms with Gasteiger partial charge in [0, 0.05) is 30.7 Å². The lowest BCUT2D eigenvalue weighted by molar-refractivity contribution is 0.0539. The summed E-state index contributed by atoms with van der Waals surface area (Å²) in [4.78, 5) is 2.67. The van der Waals surface area contributed by atoms with Crippen LogP contribution in [0.25, 0.3) is 0 Å². The molecule has 0 radical (unpaired) electrons. The number of hydrogen-bond donors (Lipinski definition) is 1. The molecule has 3 rings (SSSR count).